The Morgan fingerprint density at radius 1 is 1.14 bits per heavy atom. The second kappa shape index (κ2) is 8.74. The summed E-state index contributed by atoms with van der Waals surface area (Å²) in [4.78, 5) is 15.7. The second-order valence-corrected chi connectivity index (χ2v) is 7.84. The monoisotopic (exact) mass is 403 g/mol. The standard InChI is InChI=1S/C20H29N5O4/c1-2-9-24(13-7-5-3-4-6-8-13)18-15-19(22-11-21-18)25(12-23-15)20-17(28)16(27)14(10-26)29-20/h2,11-14,16-17,20,26-28H,1,3-10H2/t14-,16-,17-,20-/m1/s1. The van der Waals surface area contributed by atoms with Crippen molar-refractivity contribution in [2.45, 2.75) is 69.1 Å². The number of fused-ring (bicyclic) bond motifs is 1. The van der Waals surface area contributed by atoms with Gasteiger partial charge in [-0.15, -0.1) is 6.58 Å². The minimum Gasteiger partial charge on any atom is -0.394 e. The summed E-state index contributed by atoms with van der Waals surface area (Å²) in [6.07, 6.45) is 7.96. The fourth-order valence-corrected chi connectivity index (χ4v) is 4.46. The zero-order valence-electron chi connectivity index (χ0n) is 16.5. The lowest BCUT2D eigenvalue weighted by Crippen LogP contribution is -2.36. The Morgan fingerprint density at radius 2 is 1.90 bits per heavy atom. The molecule has 0 spiro atoms. The van der Waals surface area contributed by atoms with Gasteiger partial charge in [0, 0.05) is 12.6 Å². The first kappa shape index (κ1) is 20.2. The van der Waals surface area contributed by atoms with E-state index < -0.39 is 24.5 Å². The van der Waals surface area contributed by atoms with E-state index in [2.05, 4.69) is 26.4 Å². The normalized spacial score (nSPS) is 28.5. The van der Waals surface area contributed by atoms with E-state index >= 15 is 0 Å². The van der Waals surface area contributed by atoms with Gasteiger partial charge < -0.3 is 25.0 Å². The second-order valence-electron chi connectivity index (χ2n) is 7.84. The summed E-state index contributed by atoms with van der Waals surface area (Å²) >= 11 is 0. The minimum absolute atomic E-state index is 0.368. The highest BCUT2D eigenvalue weighted by atomic mass is 16.6. The lowest BCUT2D eigenvalue weighted by Gasteiger charge is -2.31. The maximum Gasteiger partial charge on any atom is 0.167 e. The van der Waals surface area contributed by atoms with Crippen molar-refractivity contribution in [1.82, 2.24) is 19.5 Å². The van der Waals surface area contributed by atoms with Crippen molar-refractivity contribution >= 4 is 17.0 Å². The molecule has 0 amide bonds. The van der Waals surface area contributed by atoms with Crippen LogP contribution in [0, 0.1) is 0 Å². The van der Waals surface area contributed by atoms with Crippen molar-refractivity contribution in [1.29, 1.82) is 0 Å². The maximum absolute atomic E-state index is 10.4. The van der Waals surface area contributed by atoms with Crippen LogP contribution in [0.4, 0.5) is 5.82 Å². The fourth-order valence-electron chi connectivity index (χ4n) is 4.46. The largest absolute Gasteiger partial charge is 0.394 e. The highest BCUT2D eigenvalue weighted by molar-refractivity contribution is 5.83. The quantitative estimate of drug-likeness (QED) is 0.486. The third-order valence-electron chi connectivity index (χ3n) is 5.99. The number of hydrogen-bond donors (Lipinski definition) is 3. The van der Waals surface area contributed by atoms with Gasteiger partial charge in [-0.25, -0.2) is 15.0 Å². The number of hydrogen-bond acceptors (Lipinski definition) is 8. The molecule has 1 aliphatic heterocycles. The van der Waals surface area contributed by atoms with E-state index in [1.807, 2.05) is 6.08 Å². The predicted octanol–water partition coefficient (Wildman–Crippen LogP) is 1.15. The molecule has 1 aliphatic carbocycles. The molecule has 1 saturated heterocycles. The molecule has 0 bridgehead atoms. The van der Waals surface area contributed by atoms with Crippen LogP contribution in [-0.4, -0.2) is 72.3 Å². The van der Waals surface area contributed by atoms with E-state index in [0.29, 0.717) is 23.8 Å². The number of rotatable bonds is 6. The average Bonchev–Trinajstić information content (AvgIpc) is 3.15. The predicted molar refractivity (Wildman–Crippen MR) is 107 cm³/mol. The molecule has 3 heterocycles. The van der Waals surface area contributed by atoms with Gasteiger partial charge in [-0.3, -0.25) is 4.57 Å². The number of aromatic nitrogens is 4. The van der Waals surface area contributed by atoms with Gasteiger partial charge in [0.1, 0.15) is 24.6 Å². The van der Waals surface area contributed by atoms with Crippen LogP contribution in [0.3, 0.4) is 0 Å². The van der Waals surface area contributed by atoms with Crippen molar-refractivity contribution in [3.05, 3.63) is 25.3 Å². The summed E-state index contributed by atoms with van der Waals surface area (Å²) in [5.74, 6) is 0.743. The van der Waals surface area contributed by atoms with E-state index in [4.69, 9.17) is 4.74 Å². The van der Waals surface area contributed by atoms with Crippen molar-refractivity contribution in [3.63, 3.8) is 0 Å². The van der Waals surface area contributed by atoms with Gasteiger partial charge in [0.25, 0.3) is 0 Å². The molecule has 3 N–H and O–H groups in total. The van der Waals surface area contributed by atoms with Crippen LogP contribution < -0.4 is 4.90 Å². The molecule has 29 heavy (non-hydrogen) atoms. The van der Waals surface area contributed by atoms with Gasteiger partial charge >= 0.3 is 0 Å². The summed E-state index contributed by atoms with van der Waals surface area (Å²) in [6, 6.07) is 0.368. The smallest absolute Gasteiger partial charge is 0.167 e. The molecule has 9 heteroatoms. The lowest BCUT2D eigenvalue weighted by atomic mass is 10.1. The van der Waals surface area contributed by atoms with Crippen molar-refractivity contribution in [2.24, 2.45) is 0 Å². The molecular weight excluding hydrogens is 374 g/mol. The summed E-state index contributed by atoms with van der Waals surface area (Å²) in [7, 11) is 0. The zero-order valence-corrected chi connectivity index (χ0v) is 16.5. The van der Waals surface area contributed by atoms with Crippen LogP contribution in [0.25, 0.3) is 11.2 Å². The van der Waals surface area contributed by atoms with Crippen LogP contribution in [0.15, 0.2) is 25.3 Å². The molecule has 2 aromatic heterocycles. The molecule has 2 aromatic rings. The minimum atomic E-state index is -1.19. The van der Waals surface area contributed by atoms with Crippen molar-refractivity contribution in [2.75, 3.05) is 18.1 Å². The van der Waals surface area contributed by atoms with Crippen molar-refractivity contribution < 1.29 is 20.1 Å². The van der Waals surface area contributed by atoms with Crippen LogP contribution >= 0.6 is 0 Å². The maximum atomic E-state index is 10.4. The molecular formula is C20H29N5O4. The van der Waals surface area contributed by atoms with Gasteiger partial charge in [-0.2, -0.15) is 0 Å². The number of aliphatic hydroxyl groups is 3. The third-order valence-corrected chi connectivity index (χ3v) is 5.99. The highest BCUT2D eigenvalue weighted by Crippen LogP contribution is 2.34. The number of anilines is 1. The highest BCUT2D eigenvalue weighted by Gasteiger charge is 2.44. The summed E-state index contributed by atoms with van der Waals surface area (Å²) in [5.41, 5.74) is 1.14. The fraction of sp³-hybridized carbons (Fsp3) is 0.650. The number of aliphatic hydroxyl groups excluding tert-OH is 3. The zero-order chi connectivity index (χ0) is 20.4. The molecule has 0 radical (unpaired) electrons. The first-order valence-electron chi connectivity index (χ1n) is 10.3. The Labute approximate surface area is 169 Å². The van der Waals surface area contributed by atoms with Crippen LogP contribution in [-0.2, 0) is 4.74 Å². The van der Waals surface area contributed by atoms with Gasteiger partial charge in [-0.05, 0) is 12.8 Å². The van der Waals surface area contributed by atoms with Crippen LogP contribution in [0.5, 0.6) is 0 Å². The molecule has 1 saturated carbocycles. The molecule has 2 aliphatic rings. The summed E-state index contributed by atoms with van der Waals surface area (Å²) < 4.78 is 7.25. The Kier molecular flexibility index (Phi) is 6.09. The van der Waals surface area contributed by atoms with Gasteiger partial charge in [0.15, 0.2) is 23.2 Å². The Morgan fingerprint density at radius 3 is 2.55 bits per heavy atom. The number of ether oxygens (including phenoxy) is 1. The van der Waals surface area contributed by atoms with Gasteiger partial charge in [0.2, 0.25) is 0 Å². The molecule has 4 rings (SSSR count). The van der Waals surface area contributed by atoms with E-state index in [9.17, 15) is 15.3 Å². The number of imidazole rings is 1. The van der Waals surface area contributed by atoms with E-state index in [1.165, 1.54) is 32.0 Å². The SMILES string of the molecule is C=CCN(c1ncnc2c1ncn2[C@@H]1O[C@H](CO)[C@@H](O)[C@H]1O)C1CCCCCC1. The van der Waals surface area contributed by atoms with Crippen LogP contribution in [0.2, 0.25) is 0 Å². The first-order valence-corrected chi connectivity index (χ1v) is 10.3. The van der Waals surface area contributed by atoms with Crippen LogP contribution in [0.1, 0.15) is 44.8 Å². The third kappa shape index (κ3) is 3.75. The Balaban J connectivity index is 1.70. The summed E-state index contributed by atoms with van der Waals surface area (Å²) in [5, 5.41) is 29.8. The molecule has 2 fully saturated rings. The van der Waals surface area contributed by atoms with E-state index in [-0.39, 0.29) is 6.61 Å². The molecule has 4 atom stereocenters. The molecule has 0 unspecified atom stereocenters. The van der Waals surface area contributed by atoms with Crippen molar-refractivity contribution in [3.8, 4) is 0 Å². The average molecular weight is 403 g/mol. The molecule has 0 aromatic carbocycles. The molecule has 9 nitrogen and oxygen atoms in total. The lowest BCUT2D eigenvalue weighted by molar-refractivity contribution is -0.0511. The Hall–Kier alpha value is -2.07. The first-order chi connectivity index (χ1) is 14.2. The summed E-state index contributed by atoms with van der Waals surface area (Å²) in [6.45, 7) is 4.20. The van der Waals surface area contributed by atoms with Gasteiger partial charge in [-0.1, -0.05) is 31.8 Å². The molecule has 158 valence electrons. The Bertz CT molecular complexity index is 835. The van der Waals surface area contributed by atoms with E-state index in [0.717, 1.165) is 18.7 Å². The van der Waals surface area contributed by atoms with Gasteiger partial charge in [0.05, 0.1) is 12.9 Å². The number of nitrogens with zero attached hydrogens (tertiary/aromatic N) is 5. The topological polar surface area (TPSA) is 117 Å². The van der Waals surface area contributed by atoms with E-state index in [1.54, 1.807) is 10.9 Å².